The van der Waals surface area contributed by atoms with Crippen molar-refractivity contribution in [2.24, 2.45) is 0 Å². The van der Waals surface area contributed by atoms with E-state index >= 15 is 0 Å². The van der Waals surface area contributed by atoms with E-state index in [4.69, 9.17) is 5.11 Å². The van der Waals surface area contributed by atoms with Gasteiger partial charge in [0.05, 0.1) is 0 Å². The summed E-state index contributed by atoms with van der Waals surface area (Å²) >= 11 is 0. The van der Waals surface area contributed by atoms with Gasteiger partial charge in [0.15, 0.2) is 0 Å². The molecule has 0 radical (unpaired) electrons. The maximum atomic E-state index is 8.76. The SMILES string of the molecule is C=C/C=C(\C=C/CCCCCCCC)CCCCCCCCCCCCO. The summed E-state index contributed by atoms with van der Waals surface area (Å²) in [5, 5.41) is 8.76. The van der Waals surface area contributed by atoms with E-state index in [-0.39, 0.29) is 0 Å². The van der Waals surface area contributed by atoms with Crippen molar-refractivity contribution in [3.63, 3.8) is 0 Å². The van der Waals surface area contributed by atoms with Gasteiger partial charge in [-0.1, -0.05) is 121 Å². The second-order valence-electron chi connectivity index (χ2n) is 7.95. The number of unbranched alkanes of at least 4 members (excludes halogenated alkanes) is 15. The number of hydrogen-bond acceptors (Lipinski definition) is 1. The van der Waals surface area contributed by atoms with Gasteiger partial charge in [0.1, 0.15) is 0 Å². The first-order valence-electron chi connectivity index (χ1n) is 11.9. The normalized spacial score (nSPS) is 12.1. The van der Waals surface area contributed by atoms with Gasteiger partial charge in [0.2, 0.25) is 0 Å². The largest absolute Gasteiger partial charge is 0.396 e. The van der Waals surface area contributed by atoms with Crippen LogP contribution in [0.15, 0.2) is 36.5 Å². The summed E-state index contributed by atoms with van der Waals surface area (Å²) in [6.07, 6.45) is 32.5. The quantitative estimate of drug-likeness (QED) is 0.157. The van der Waals surface area contributed by atoms with E-state index in [1.165, 1.54) is 115 Å². The Kier molecular flexibility index (Phi) is 22.5. The Morgan fingerprint density at radius 3 is 1.78 bits per heavy atom. The van der Waals surface area contributed by atoms with Crippen molar-refractivity contribution in [2.45, 2.75) is 122 Å². The van der Waals surface area contributed by atoms with Gasteiger partial charge in [0, 0.05) is 6.61 Å². The molecule has 0 aliphatic carbocycles. The molecule has 0 unspecified atom stereocenters. The fourth-order valence-corrected chi connectivity index (χ4v) is 3.51. The molecular weight excluding hydrogens is 328 g/mol. The van der Waals surface area contributed by atoms with Crippen LogP contribution in [0, 0.1) is 0 Å². The van der Waals surface area contributed by atoms with E-state index in [9.17, 15) is 0 Å². The predicted octanol–water partition coefficient (Wildman–Crippen LogP) is 8.69. The topological polar surface area (TPSA) is 20.2 Å². The van der Waals surface area contributed by atoms with Gasteiger partial charge in [-0.3, -0.25) is 0 Å². The molecule has 0 aromatic carbocycles. The van der Waals surface area contributed by atoms with Crippen molar-refractivity contribution in [1.82, 2.24) is 0 Å². The van der Waals surface area contributed by atoms with E-state index in [2.05, 4.69) is 31.7 Å². The Bertz CT molecular complexity index is 353. The first-order valence-corrected chi connectivity index (χ1v) is 11.9. The monoisotopic (exact) mass is 376 g/mol. The summed E-state index contributed by atoms with van der Waals surface area (Å²) in [5.41, 5.74) is 1.44. The van der Waals surface area contributed by atoms with Crippen molar-refractivity contribution in [3.8, 4) is 0 Å². The Hall–Kier alpha value is -0.820. The Morgan fingerprint density at radius 2 is 1.22 bits per heavy atom. The van der Waals surface area contributed by atoms with Crippen LogP contribution < -0.4 is 0 Å². The molecule has 1 N–H and O–H groups in total. The van der Waals surface area contributed by atoms with Crippen LogP contribution in [-0.2, 0) is 0 Å². The van der Waals surface area contributed by atoms with Crippen LogP contribution in [-0.4, -0.2) is 11.7 Å². The number of aliphatic hydroxyl groups excluding tert-OH is 1. The molecule has 0 aromatic heterocycles. The summed E-state index contributed by atoms with van der Waals surface area (Å²) in [6, 6.07) is 0. The lowest BCUT2D eigenvalue weighted by atomic mass is 10.0. The molecule has 0 aromatic rings. The van der Waals surface area contributed by atoms with Crippen molar-refractivity contribution >= 4 is 0 Å². The molecule has 0 heterocycles. The first kappa shape index (κ1) is 26.2. The predicted molar refractivity (Wildman–Crippen MR) is 123 cm³/mol. The summed E-state index contributed by atoms with van der Waals surface area (Å²) in [6.45, 7) is 6.50. The maximum absolute atomic E-state index is 8.76. The highest BCUT2D eigenvalue weighted by Crippen LogP contribution is 2.15. The van der Waals surface area contributed by atoms with Crippen LogP contribution in [0.1, 0.15) is 122 Å². The second kappa shape index (κ2) is 23.2. The highest BCUT2D eigenvalue weighted by molar-refractivity contribution is 5.22. The molecule has 0 aliphatic rings. The fourth-order valence-electron chi connectivity index (χ4n) is 3.51. The number of aliphatic hydroxyl groups is 1. The molecular formula is C26H48O. The van der Waals surface area contributed by atoms with Gasteiger partial charge < -0.3 is 5.11 Å². The minimum absolute atomic E-state index is 0.358. The second-order valence-corrected chi connectivity index (χ2v) is 7.95. The lowest BCUT2D eigenvalue weighted by Crippen LogP contribution is -1.85. The molecule has 0 bridgehead atoms. The van der Waals surface area contributed by atoms with E-state index in [0.717, 1.165) is 6.42 Å². The first-order chi connectivity index (χ1) is 13.3. The van der Waals surface area contributed by atoms with Gasteiger partial charge in [-0.15, -0.1) is 0 Å². The van der Waals surface area contributed by atoms with Crippen LogP contribution >= 0.6 is 0 Å². The molecule has 0 rings (SSSR count). The van der Waals surface area contributed by atoms with Crippen molar-refractivity contribution in [1.29, 1.82) is 0 Å². The third kappa shape index (κ3) is 21.3. The van der Waals surface area contributed by atoms with Crippen molar-refractivity contribution in [3.05, 3.63) is 36.5 Å². The Balaban J connectivity index is 3.57. The molecule has 0 amide bonds. The smallest absolute Gasteiger partial charge is 0.0431 e. The maximum Gasteiger partial charge on any atom is 0.0431 e. The summed E-state index contributed by atoms with van der Waals surface area (Å²) < 4.78 is 0. The summed E-state index contributed by atoms with van der Waals surface area (Å²) in [7, 11) is 0. The average Bonchev–Trinajstić information content (AvgIpc) is 2.68. The zero-order chi connectivity index (χ0) is 19.8. The van der Waals surface area contributed by atoms with E-state index < -0.39 is 0 Å². The number of allylic oxidation sites excluding steroid dienone is 5. The van der Waals surface area contributed by atoms with Crippen LogP contribution in [0.4, 0.5) is 0 Å². The highest BCUT2D eigenvalue weighted by Gasteiger charge is 1.96. The van der Waals surface area contributed by atoms with Gasteiger partial charge in [-0.05, 0) is 37.7 Å². The minimum Gasteiger partial charge on any atom is -0.396 e. The Labute approximate surface area is 171 Å². The Morgan fingerprint density at radius 1 is 0.704 bits per heavy atom. The molecule has 0 atom stereocenters. The third-order valence-corrected chi connectivity index (χ3v) is 5.26. The third-order valence-electron chi connectivity index (χ3n) is 5.26. The van der Waals surface area contributed by atoms with Gasteiger partial charge in [0.25, 0.3) is 0 Å². The van der Waals surface area contributed by atoms with Gasteiger partial charge in [-0.2, -0.15) is 0 Å². The van der Waals surface area contributed by atoms with Crippen molar-refractivity contribution < 1.29 is 5.11 Å². The molecule has 1 heteroatoms. The van der Waals surface area contributed by atoms with Gasteiger partial charge in [-0.25, -0.2) is 0 Å². The standard InChI is InChI=1S/C26H48O/c1-3-5-6-7-8-13-16-19-23-26(22-4-2)24-20-17-14-11-9-10-12-15-18-21-25-27/h4,19,22-23,27H,2-3,5-18,20-21,24-25H2,1H3/b23-19-,26-22+. The zero-order valence-electron chi connectivity index (χ0n) is 18.4. The lowest BCUT2D eigenvalue weighted by Gasteiger charge is -2.04. The molecule has 0 spiro atoms. The van der Waals surface area contributed by atoms with Crippen LogP contribution in [0.2, 0.25) is 0 Å². The summed E-state index contributed by atoms with van der Waals surface area (Å²) in [5.74, 6) is 0. The molecule has 158 valence electrons. The molecule has 0 aliphatic heterocycles. The van der Waals surface area contributed by atoms with Gasteiger partial charge >= 0.3 is 0 Å². The van der Waals surface area contributed by atoms with Crippen LogP contribution in [0.5, 0.6) is 0 Å². The molecule has 0 fully saturated rings. The van der Waals surface area contributed by atoms with Crippen LogP contribution in [0.25, 0.3) is 0 Å². The fraction of sp³-hybridized carbons (Fsp3) is 0.769. The summed E-state index contributed by atoms with van der Waals surface area (Å²) in [4.78, 5) is 0. The molecule has 0 saturated carbocycles. The van der Waals surface area contributed by atoms with E-state index in [1.54, 1.807) is 0 Å². The molecule has 27 heavy (non-hydrogen) atoms. The number of rotatable bonds is 21. The van der Waals surface area contributed by atoms with Crippen LogP contribution in [0.3, 0.4) is 0 Å². The average molecular weight is 377 g/mol. The minimum atomic E-state index is 0.358. The van der Waals surface area contributed by atoms with E-state index in [1.807, 2.05) is 6.08 Å². The van der Waals surface area contributed by atoms with E-state index in [0.29, 0.717) is 6.61 Å². The zero-order valence-corrected chi connectivity index (χ0v) is 18.4. The molecule has 0 saturated heterocycles. The van der Waals surface area contributed by atoms with Crippen molar-refractivity contribution in [2.75, 3.05) is 6.61 Å². The lowest BCUT2D eigenvalue weighted by molar-refractivity contribution is 0.282. The highest BCUT2D eigenvalue weighted by atomic mass is 16.2. The number of hydrogen-bond donors (Lipinski definition) is 1. The molecule has 1 nitrogen and oxygen atoms in total.